The van der Waals surface area contributed by atoms with Crippen LogP contribution < -0.4 is 5.32 Å². The number of guanidine groups is 1. The van der Waals surface area contributed by atoms with Crippen molar-refractivity contribution in [2.24, 2.45) is 4.99 Å². The molecule has 1 aliphatic rings. The first-order chi connectivity index (χ1) is 12.1. The lowest BCUT2D eigenvalue weighted by Crippen LogP contribution is -2.46. The molecule has 0 bridgehead atoms. The van der Waals surface area contributed by atoms with Gasteiger partial charge in [0, 0.05) is 36.8 Å². The number of hydrogen-bond donors (Lipinski definition) is 2. The summed E-state index contributed by atoms with van der Waals surface area (Å²) in [4.78, 5) is 9.32. The topological polar surface area (TPSA) is 51.1 Å². The van der Waals surface area contributed by atoms with Crippen LogP contribution in [0.4, 0.5) is 0 Å². The summed E-state index contributed by atoms with van der Waals surface area (Å²) in [6.45, 7) is 8.60. The first-order valence-electron chi connectivity index (χ1n) is 9.22. The quantitative estimate of drug-likeness (QED) is 0.575. The molecule has 1 heterocycles. The summed E-state index contributed by atoms with van der Waals surface area (Å²) in [6.07, 6.45) is 1.81. The maximum Gasteiger partial charge on any atom is 0.193 e. The van der Waals surface area contributed by atoms with Crippen molar-refractivity contribution in [3.8, 4) is 0 Å². The standard InChI is InChI=1S/C19H31ClN4O/c1-4-21-19(23(3)14-15-9-8-12-24(15)5-2)22-13-18(25)16-10-6-7-11-17(16)20/h6-7,10-11,15,18,25H,4-5,8-9,12-14H2,1-3H3,(H,21,22). The summed E-state index contributed by atoms with van der Waals surface area (Å²) in [5, 5.41) is 14.3. The highest BCUT2D eigenvalue weighted by atomic mass is 35.5. The Morgan fingerprint density at radius 1 is 1.44 bits per heavy atom. The number of nitrogens with zero attached hydrogens (tertiary/aromatic N) is 3. The van der Waals surface area contributed by atoms with Gasteiger partial charge >= 0.3 is 0 Å². The molecule has 2 N–H and O–H groups in total. The van der Waals surface area contributed by atoms with Crippen molar-refractivity contribution in [1.29, 1.82) is 0 Å². The first-order valence-corrected chi connectivity index (χ1v) is 9.60. The Bertz CT molecular complexity index is 566. The summed E-state index contributed by atoms with van der Waals surface area (Å²) in [5.74, 6) is 0.830. The summed E-state index contributed by atoms with van der Waals surface area (Å²) >= 11 is 6.16. The van der Waals surface area contributed by atoms with Crippen molar-refractivity contribution in [3.05, 3.63) is 34.9 Å². The van der Waals surface area contributed by atoms with Gasteiger partial charge in [0.15, 0.2) is 5.96 Å². The van der Waals surface area contributed by atoms with E-state index in [1.54, 1.807) is 6.07 Å². The van der Waals surface area contributed by atoms with Crippen LogP contribution in [0, 0.1) is 0 Å². The number of aliphatic hydroxyl groups excluding tert-OH is 1. The van der Waals surface area contributed by atoms with Crippen LogP contribution >= 0.6 is 11.6 Å². The highest BCUT2D eigenvalue weighted by Crippen LogP contribution is 2.22. The molecule has 0 amide bonds. The Hall–Kier alpha value is -1.30. The smallest absolute Gasteiger partial charge is 0.193 e. The van der Waals surface area contributed by atoms with E-state index in [2.05, 4.69) is 41.0 Å². The van der Waals surface area contributed by atoms with Gasteiger partial charge in [0.2, 0.25) is 0 Å². The molecule has 1 fully saturated rings. The predicted molar refractivity (Wildman–Crippen MR) is 105 cm³/mol. The maximum atomic E-state index is 10.4. The molecule has 1 aliphatic heterocycles. The third-order valence-electron chi connectivity index (χ3n) is 4.76. The van der Waals surface area contributed by atoms with E-state index in [9.17, 15) is 5.11 Å². The molecule has 140 valence electrons. The highest BCUT2D eigenvalue weighted by Gasteiger charge is 2.25. The van der Waals surface area contributed by atoms with Crippen LogP contribution in [0.25, 0.3) is 0 Å². The van der Waals surface area contributed by atoms with Crippen molar-refractivity contribution in [1.82, 2.24) is 15.1 Å². The monoisotopic (exact) mass is 366 g/mol. The normalized spacial score (nSPS) is 19.9. The van der Waals surface area contributed by atoms with E-state index in [-0.39, 0.29) is 0 Å². The third-order valence-corrected chi connectivity index (χ3v) is 5.11. The Morgan fingerprint density at radius 3 is 2.88 bits per heavy atom. The number of nitrogens with one attached hydrogen (secondary N) is 1. The van der Waals surface area contributed by atoms with Crippen molar-refractivity contribution in [2.45, 2.75) is 38.8 Å². The number of hydrogen-bond acceptors (Lipinski definition) is 3. The molecular formula is C19H31ClN4O. The lowest BCUT2D eigenvalue weighted by Gasteiger charge is -2.30. The van der Waals surface area contributed by atoms with Gasteiger partial charge in [-0.05, 0) is 38.9 Å². The van der Waals surface area contributed by atoms with E-state index >= 15 is 0 Å². The Morgan fingerprint density at radius 2 is 2.20 bits per heavy atom. The average Bonchev–Trinajstić information content (AvgIpc) is 3.05. The van der Waals surface area contributed by atoms with Gasteiger partial charge in [-0.2, -0.15) is 0 Å². The Balaban J connectivity index is 2.00. The summed E-state index contributed by atoms with van der Waals surface area (Å²) in [7, 11) is 2.07. The fraction of sp³-hybridized carbons (Fsp3) is 0.632. The number of rotatable bonds is 7. The molecule has 0 spiro atoms. The molecule has 2 unspecified atom stereocenters. The molecular weight excluding hydrogens is 336 g/mol. The van der Waals surface area contributed by atoms with Crippen LogP contribution in [0.3, 0.4) is 0 Å². The van der Waals surface area contributed by atoms with Crippen LogP contribution in [0.5, 0.6) is 0 Å². The van der Waals surface area contributed by atoms with Gasteiger partial charge in [-0.15, -0.1) is 0 Å². The van der Waals surface area contributed by atoms with Crippen LogP contribution in [-0.2, 0) is 0 Å². The van der Waals surface area contributed by atoms with Gasteiger partial charge in [0.1, 0.15) is 6.10 Å². The number of aliphatic imine (C=N–C) groups is 1. The SMILES string of the molecule is CCNC(=NCC(O)c1ccccc1Cl)N(C)CC1CCCN1CC. The molecule has 0 radical (unpaired) electrons. The van der Waals surface area contributed by atoms with Crippen molar-refractivity contribution < 1.29 is 5.11 Å². The zero-order valence-electron chi connectivity index (χ0n) is 15.6. The molecule has 0 aliphatic carbocycles. The van der Waals surface area contributed by atoms with E-state index in [4.69, 9.17) is 11.6 Å². The van der Waals surface area contributed by atoms with Gasteiger partial charge in [-0.25, -0.2) is 0 Å². The van der Waals surface area contributed by atoms with E-state index in [1.165, 1.54) is 19.4 Å². The van der Waals surface area contributed by atoms with Crippen LogP contribution in [-0.4, -0.2) is 66.7 Å². The molecule has 1 aromatic carbocycles. The molecule has 6 heteroatoms. The molecule has 0 aromatic heterocycles. The second-order valence-corrected chi connectivity index (χ2v) is 6.94. The number of halogens is 1. The van der Waals surface area contributed by atoms with Gasteiger partial charge in [-0.3, -0.25) is 9.89 Å². The molecule has 1 saturated heterocycles. The van der Waals surface area contributed by atoms with Gasteiger partial charge in [0.05, 0.1) is 6.54 Å². The van der Waals surface area contributed by atoms with Gasteiger partial charge < -0.3 is 15.3 Å². The zero-order chi connectivity index (χ0) is 18.2. The minimum absolute atomic E-state index is 0.290. The van der Waals surface area contributed by atoms with E-state index in [1.807, 2.05) is 18.2 Å². The number of benzene rings is 1. The Kier molecular flexibility index (Phi) is 8.00. The lowest BCUT2D eigenvalue weighted by molar-refractivity contribution is 0.186. The largest absolute Gasteiger partial charge is 0.386 e. The van der Waals surface area contributed by atoms with Crippen molar-refractivity contribution >= 4 is 17.6 Å². The predicted octanol–water partition coefficient (Wildman–Crippen LogP) is 2.76. The summed E-state index contributed by atoms with van der Waals surface area (Å²) in [5.41, 5.74) is 0.722. The van der Waals surface area contributed by atoms with Crippen molar-refractivity contribution in [2.75, 3.05) is 39.8 Å². The second-order valence-electron chi connectivity index (χ2n) is 6.54. The minimum Gasteiger partial charge on any atom is -0.386 e. The van der Waals surface area contributed by atoms with Crippen molar-refractivity contribution in [3.63, 3.8) is 0 Å². The second kappa shape index (κ2) is 10.00. The Labute approximate surface area is 156 Å². The van der Waals surface area contributed by atoms with Crippen LogP contribution in [0.15, 0.2) is 29.3 Å². The average molecular weight is 367 g/mol. The van der Waals surface area contributed by atoms with Gasteiger partial charge in [0.25, 0.3) is 0 Å². The highest BCUT2D eigenvalue weighted by molar-refractivity contribution is 6.31. The number of aliphatic hydroxyl groups is 1. The molecule has 0 saturated carbocycles. The molecule has 1 aromatic rings. The third kappa shape index (κ3) is 5.59. The zero-order valence-corrected chi connectivity index (χ0v) is 16.3. The van der Waals surface area contributed by atoms with E-state index in [0.29, 0.717) is 17.6 Å². The fourth-order valence-electron chi connectivity index (χ4n) is 3.41. The maximum absolute atomic E-state index is 10.4. The summed E-state index contributed by atoms with van der Waals surface area (Å²) in [6, 6.07) is 7.95. The minimum atomic E-state index is -0.700. The number of likely N-dealkylation sites (N-methyl/N-ethyl adjacent to an activating group) is 2. The number of likely N-dealkylation sites (tertiary alicyclic amines) is 1. The van der Waals surface area contributed by atoms with Crippen LogP contribution in [0.2, 0.25) is 5.02 Å². The van der Waals surface area contributed by atoms with E-state index < -0.39 is 6.10 Å². The molecule has 25 heavy (non-hydrogen) atoms. The van der Waals surface area contributed by atoms with Gasteiger partial charge in [-0.1, -0.05) is 36.7 Å². The molecule has 2 atom stereocenters. The first kappa shape index (κ1) is 20.0. The molecule has 5 nitrogen and oxygen atoms in total. The lowest BCUT2D eigenvalue weighted by atomic mass is 10.1. The molecule has 2 rings (SSSR count). The summed E-state index contributed by atoms with van der Waals surface area (Å²) < 4.78 is 0. The fourth-order valence-corrected chi connectivity index (χ4v) is 3.67. The van der Waals surface area contributed by atoms with Crippen LogP contribution in [0.1, 0.15) is 38.4 Å². The van der Waals surface area contributed by atoms with E-state index in [0.717, 1.165) is 31.2 Å².